The third-order valence-electron chi connectivity index (χ3n) is 3.36. The molecule has 110 valence electrons. The number of nitrogens with two attached hydrogens (primary N) is 1. The zero-order valence-corrected chi connectivity index (χ0v) is 10.4. The van der Waals surface area contributed by atoms with Crippen molar-refractivity contribution < 1.29 is 26.7 Å². The van der Waals surface area contributed by atoms with E-state index >= 15 is 0 Å². The van der Waals surface area contributed by atoms with Crippen molar-refractivity contribution in [3.8, 4) is 0 Å². The molecule has 1 amide bonds. The quantitative estimate of drug-likeness (QED) is 0.511. The van der Waals surface area contributed by atoms with Gasteiger partial charge in [0.15, 0.2) is 23.3 Å². The number of rotatable bonds is 3. The summed E-state index contributed by atoms with van der Waals surface area (Å²) in [4.78, 5) is 11.8. The van der Waals surface area contributed by atoms with Gasteiger partial charge in [0.2, 0.25) is 11.7 Å². The summed E-state index contributed by atoms with van der Waals surface area (Å²) in [6.07, 6.45) is 1.33. The standard InChI is InChI=1S/C12H11F5N2O/c1-12(18,4-2-3-4)11(20)19-10-8(16)6(14)5(13)7(15)9(10)17/h4H,2-3,18H2,1H3,(H,19,20). The Morgan fingerprint density at radius 3 is 1.85 bits per heavy atom. The van der Waals surface area contributed by atoms with Crippen LogP contribution in [0.25, 0.3) is 0 Å². The number of nitrogens with one attached hydrogen (secondary N) is 1. The van der Waals surface area contributed by atoms with E-state index in [1.807, 2.05) is 0 Å². The average molecular weight is 294 g/mol. The van der Waals surface area contributed by atoms with Crippen molar-refractivity contribution in [2.75, 3.05) is 5.32 Å². The molecule has 1 atom stereocenters. The molecule has 0 aliphatic heterocycles. The summed E-state index contributed by atoms with van der Waals surface area (Å²) >= 11 is 0. The van der Waals surface area contributed by atoms with Gasteiger partial charge in [-0.05, 0) is 25.7 Å². The van der Waals surface area contributed by atoms with Crippen LogP contribution in [0.5, 0.6) is 0 Å². The van der Waals surface area contributed by atoms with Crippen LogP contribution in [0.3, 0.4) is 0 Å². The van der Waals surface area contributed by atoms with Crippen molar-refractivity contribution in [1.82, 2.24) is 0 Å². The molecule has 20 heavy (non-hydrogen) atoms. The van der Waals surface area contributed by atoms with Crippen LogP contribution >= 0.6 is 0 Å². The fourth-order valence-corrected chi connectivity index (χ4v) is 1.83. The summed E-state index contributed by atoms with van der Waals surface area (Å²) in [6, 6.07) is 0. The predicted molar refractivity (Wildman–Crippen MR) is 60.2 cm³/mol. The Bertz CT molecular complexity index is 555. The van der Waals surface area contributed by atoms with Crippen molar-refractivity contribution in [3.63, 3.8) is 0 Å². The molecular formula is C12H11F5N2O. The van der Waals surface area contributed by atoms with Crippen molar-refractivity contribution >= 4 is 11.6 Å². The second-order valence-electron chi connectivity index (χ2n) is 4.96. The fourth-order valence-electron chi connectivity index (χ4n) is 1.83. The molecule has 1 unspecified atom stereocenters. The Morgan fingerprint density at radius 2 is 1.45 bits per heavy atom. The maximum Gasteiger partial charge on any atom is 0.244 e. The lowest BCUT2D eigenvalue weighted by molar-refractivity contribution is -0.121. The van der Waals surface area contributed by atoms with Crippen molar-refractivity contribution in [2.45, 2.75) is 25.3 Å². The van der Waals surface area contributed by atoms with E-state index < -0.39 is 46.2 Å². The second-order valence-corrected chi connectivity index (χ2v) is 4.96. The molecule has 0 saturated heterocycles. The Morgan fingerprint density at radius 1 is 1.05 bits per heavy atom. The van der Waals surface area contributed by atoms with Gasteiger partial charge in [-0.25, -0.2) is 22.0 Å². The molecule has 1 aromatic rings. The molecule has 3 N–H and O–H groups in total. The SMILES string of the molecule is CC(N)(C(=O)Nc1c(F)c(F)c(F)c(F)c1F)C1CC1. The normalized spacial score (nSPS) is 17.8. The number of hydrogen-bond donors (Lipinski definition) is 2. The van der Waals surface area contributed by atoms with Gasteiger partial charge in [0, 0.05) is 0 Å². The van der Waals surface area contributed by atoms with Crippen LogP contribution in [0, 0.1) is 35.0 Å². The van der Waals surface area contributed by atoms with Crippen LogP contribution in [-0.4, -0.2) is 11.4 Å². The third-order valence-corrected chi connectivity index (χ3v) is 3.36. The van der Waals surface area contributed by atoms with E-state index in [0.29, 0.717) is 12.8 Å². The monoisotopic (exact) mass is 294 g/mol. The first-order valence-corrected chi connectivity index (χ1v) is 5.79. The van der Waals surface area contributed by atoms with Gasteiger partial charge in [0.25, 0.3) is 0 Å². The number of benzene rings is 1. The lowest BCUT2D eigenvalue weighted by Gasteiger charge is -2.23. The summed E-state index contributed by atoms with van der Waals surface area (Å²) in [5.41, 5.74) is 2.89. The van der Waals surface area contributed by atoms with Crippen molar-refractivity contribution in [2.24, 2.45) is 11.7 Å². The predicted octanol–water partition coefficient (Wildman–Crippen LogP) is 2.45. The highest BCUT2D eigenvalue weighted by Crippen LogP contribution is 2.39. The minimum absolute atomic E-state index is 0.177. The van der Waals surface area contributed by atoms with Crippen LogP contribution in [0.4, 0.5) is 27.6 Å². The maximum absolute atomic E-state index is 13.4. The largest absolute Gasteiger partial charge is 0.319 e. The first-order valence-electron chi connectivity index (χ1n) is 5.79. The molecule has 8 heteroatoms. The summed E-state index contributed by atoms with van der Waals surface area (Å²) in [7, 11) is 0. The van der Waals surface area contributed by atoms with E-state index in [4.69, 9.17) is 5.73 Å². The molecule has 0 radical (unpaired) electrons. The lowest BCUT2D eigenvalue weighted by Crippen LogP contribution is -2.50. The molecule has 0 spiro atoms. The van der Waals surface area contributed by atoms with E-state index in [2.05, 4.69) is 0 Å². The van der Waals surface area contributed by atoms with Gasteiger partial charge >= 0.3 is 0 Å². The van der Waals surface area contributed by atoms with Crippen LogP contribution < -0.4 is 11.1 Å². The van der Waals surface area contributed by atoms with Gasteiger partial charge in [-0.15, -0.1) is 0 Å². The molecule has 0 aromatic heterocycles. The molecule has 1 fully saturated rings. The lowest BCUT2D eigenvalue weighted by atomic mass is 9.96. The number of hydrogen-bond acceptors (Lipinski definition) is 2. The summed E-state index contributed by atoms with van der Waals surface area (Å²) in [5.74, 6) is -11.9. The van der Waals surface area contributed by atoms with Gasteiger partial charge in [0.05, 0.1) is 5.54 Å². The van der Waals surface area contributed by atoms with Crippen molar-refractivity contribution in [3.05, 3.63) is 29.1 Å². The molecule has 0 heterocycles. The number of amides is 1. The Balaban J connectivity index is 2.37. The van der Waals surface area contributed by atoms with E-state index in [1.165, 1.54) is 6.92 Å². The van der Waals surface area contributed by atoms with E-state index in [-0.39, 0.29) is 5.92 Å². The zero-order valence-electron chi connectivity index (χ0n) is 10.4. The Hall–Kier alpha value is -1.70. The van der Waals surface area contributed by atoms with E-state index in [9.17, 15) is 26.7 Å². The van der Waals surface area contributed by atoms with Crippen LogP contribution in [0.1, 0.15) is 19.8 Å². The number of carbonyl (C=O) groups excluding carboxylic acids is 1. The number of anilines is 1. The highest BCUT2D eigenvalue weighted by atomic mass is 19.2. The van der Waals surface area contributed by atoms with Gasteiger partial charge in [0.1, 0.15) is 5.69 Å². The smallest absolute Gasteiger partial charge is 0.244 e. The van der Waals surface area contributed by atoms with Crippen molar-refractivity contribution in [1.29, 1.82) is 0 Å². The molecule has 3 nitrogen and oxygen atoms in total. The van der Waals surface area contributed by atoms with E-state index in [0.717, 1.165) is 0 Å². The topological polar surface area (TPSA) is 55.1 Å². The van der Waals surface area contributed by atoms with Crippen LogP contribution in [0.2, 0.25) is 0 Å². The summed E-state index contributed by atoms with van der Waals surface area (Å²) < 4.78 is 65.6. The third kappa shape index (κ3) is 2.24. The first kappa shape index (κ1) is 14.7. The maximum atomic E-state index is 13.4. The molecule has 0 bridgehead atoms. The molecule has 1 saturated carbocycles. The van der Waals surface area contributed by atoms with Gasteiger partial charge in [-0.3, -0.25) is 4.79 Å². The van der Waals surface area contributed by atoms with E-state index in [1.54, 1.807) is 5.32 Å². The Labute approximate surface area is 110 Å². The van der Waals surface area contributed by atoms with Crippen LogP contribution in [0.15, 0.2) is 0 Å². The van der Waals surface area contributed by atoms with Gasteiger partial charge < -0.3 is 11.1 Å². The minimum Gasteiger partial charge on any atom is -0.319 e. The second kappa shape index (κ2) is 4.69. The minimum atomic E-state index is -2.28. The molecule has 1 aromatic carbocycles. The average Bonchev–Trinajstić information content (AvgIpc) is 3.23. The highest BCUT2D eigenvalue weighted by molar-refractivity contribution is 5.98. The van der Waals surface area contributed by atoms with Crippen LogP contribution in [-0.2, 0) is 4.79 Å². The molecular weight excluding hydrogens is 283 g/mol. The fraction of sp³-hybridized carbons (Fsp3) is 0.417. The first-order chi connectivity index (χ1) is 9.17. The highest BCUT2D eigenvalue weighted by Gasteiger charge is 2.44. The molecule has 2 rings (SSSR count). The number of carbonyl (C=O) groups is 1. The number of halogens is 5. The zero-order chi connectivity index (χ0) is 15.2. The van der Waals surface area contributed by atoms with Gasteiger partial charge in [-0.2, -0.15) is 0 Å². The molecule has 1 aliphatic rings. The molecule has 1 aliphatic carbocycles. The summed E-state index contributed by atoms with van der Waals surface area (Å²) in [5, 5.41) is 1.69. The van der Waals surface area contributed by atoms with Gasteiger partial charge in [-0.1, -0.05) is 0 Å². The summed E-state index contributed by atoms with van der Waals surface area (Å²) in [6.45, 7) is 1.34. The Kier molecular flexibility index (Phi) is 3.45.